The van der Waals surface area contributed by atoms with Gasteiger partial charge in [-0.25, -0.2) is 43.9 Å². The van der Waals surface area contributed by atoms with E-state index >= 15 is 17.6 Å². The van der Waals surface area contributed by atoms with E-state index in [9.17, 15) is 26.3 Å². The monoisotopic (exact) mass is 688 g/mol. The van der Waals surface area contributed by atoms with E-state index in [4.69, 9.17) is 0 Å². The molecule has 0 bridgehead atoms. The summed E-state index contributed by atoms with van der Waals surface area (Å²) in [6.45, 7) is 0.575. The number of rotatable bonds is 2. The number of fused-ring (bicyclic) bond motifs is 3. The summed E-state index contributed by atoms with van der Waals surface area (Å²) in [7, 11) is 0. The highest BCUT2D eigenvalue weighted by atomic mass is 19.2. The normalized spacial score (nSPS) is 13.4. The molecule has 6 aromatic rings. The lowest BCUT2D eigenvalue weighted by Gasteiger charge is -2.45. The third-order valence-corrected chi connectivity index (χ3v) is 9.60. The number of benzene rings is 6. The summed E-state index contributed by atoms with van der Waals surface area (Å²) in [4.78, 5) is 1.71. The summed E-state index contributed by atoms with van der Waals surface area (Å²) in [6.07, 6.45) is 0. The molecule has 0 fully saturated rings. The first kappa shape index (κ1) is 30.4. The Hall–Kier alpha value is -5.72. The average Bonchev–Trinajstić information content (AvgIpc) is 3.24. The highest BCUT2D eigenvalue weighted by Crippen LogP contribution is 2.51. The predicted molar refractivity (Wildman–Crippen MR) is 169 cm³/mol. The Kier molecular flexibility index (Phi) is 6.17. The molecule has 3 heterocycles. The second-order valence-corrected chi connectivity index (χ2v) is 12.2. The van der Waals surface area contributed by atoms with Crippen LogP contribution < -0.4 is 26.2 Å². The Bertz CT molecular complexity index is 2330. The topological polar surface area (TPSA) is 6.48 Å². The van der Waals surface area contributed by atoms with Gasteiger partial charge in [-0.3, -0.25) is 0 Å². The molecule has 50 heavy (non-hydrogen) atoms. The number of hydrogen-bond acceptors (Lipinski definition) is 2. The van der Waals surface area contributed by atoms with E-state index in [1.54, 1.807) is 48.5 Å². The van der Waals surface area contributed by atoms with Crippen LogP contribution in [-0.4, -0.2) is 6.71 Å². The summed E-state index contributed by atoms with van der Waals surface area (Å²) in [5.41, 5.74) is 0.431. The molecule has 0 aliphatic carbocycles. The van der Waals surface area contributed by atoms with Crippen molar-refractivity contribution in [3.8, 4) is 22.3 Å². The number of aryl methyl sites for hydroxylation is 1. The lowest BCUT2D eigenvalue weighted by atomic mass is 9.32. The van der Waals surface area contributed by atoms with Crippen molar-refractivity contribution in [1.82, 2.24) is 0 Å². The maximum absolute atomic E-state index is 15.8. The Morgan fingerprint density at radius 1 is 0.380 bits per heavy atom. The van der Waals surface area contributed by atoms with E-state index in [0.29, 0.717) is 33.2 Å². The van der Waals surface area contributed by atoms with E-state index in [1.807, 2.05) is 0 Å². The molecule has 0 N–H and O–H groups in total. The van der Waals surface area contributed by atoms with Crippen molar-refractivity contribution in [2.75, 3.05) is 9.80 Å². The second kappa shape index (κ2) is 10.2. The van der Waals surface area contributed by atoms with E-state index in [-0.39, 0.29) is 33.8 Å². The molecule has 9 rings (SSSR count). The van der Waals surface area contributed by atoms with Crippen LogP contribution in [0.25, 0.3) is 22.3 Å². The molecule has 0 unspecified atom stereocenters. The molecule has 0 radical (unpaired) electrons. The van der Waals surface area contributed by atoms with Gasteiger partial charge < -0.3 is 9.80 Å². The van der Waals surface area contributed by atoms with Crippen molar-refractivity contribution in [1.29, 1.82) is 0 Å². The zero-order valence-electron chi connectivity index (χ0n) is 25.2. The summed E-state index contributed by atoms with van der Waals surface area (Å²) in [5.74, 6) is -22.1. The zero-order valence-corrected chi connectivity index (χ0v) is 25.2. The molecule has 3 aliphatic heterocycles. The average molecular weight is 688 g/mol. The van der Waals surface area contributed by atoms with Crippen molar-refractivity contribution < 1.29 is 43.9 Å². The molecule has 0 saturated heterocycles. The summed E-state index contributed by atoms with van der Waals surface area (Å²) in [6, 6.07) is 19.2. The molecular formula is C37H15BF10N2. The minimum absolute atomic E-state index is 0.0434. The van der Waals surface area contributed by atoms with Gasteiger partial charge in [0.2, 0.25) is 11.6 Å². The summed E-state index contributed by atoms with van der Waals surface area (Å²) >= 11 is 0. The standard InChI is InChI=1S/C37H15BF10N2/c1-14-12-21-25-22(13-14)50(37-34(47)30(43)27(40)31(44)35(37)48)20-11-5-9-18-16-7-3-2-6-15(16)17-8-4-10-19(23(17)38(25)24(18)20)49(21)36-32(45)28(41)26(39)29(42)33(36)46/h2-13H,1H3. The fourth-order valence-corrected chi connectivity index (χ4v) is 7.70. The molecule has 3 aliphatic rings. The molecule has 2 nitrogen and oxygen atoms in total. The van der Waals surface area contributed by atoms with Gasteiger partial charge in [0, 0.05) is 22.7 Å². The fraction of sp³-hybridized carbons (Fsp3) is 0.0270. The molecule has 6 aromatic carbocycles. The van der Waals surface area contributed by atoms with Crippen LogP contribution in [0.5, 0.6) is 0 Å². The van der Waals surface area contributed by atoms with Crippen molar-refractivity contribution in [2.24, 2.45) is 0 Å². The van der Waals surface area contributed by atoms with Crippen molar-refractivity contribution in [3.63, 3.8) is 0 Å². The van der Waals surface area contributed by atoms with Gasteiger partial charge in [0.25, 0.3) is 6.71 Å². The summed E-state index contributed by atoms with van der Waals surface area (Å²) in [5, 5.41) is 0. The molecule has 0 spiro atoms. The quantitative estimate of drug-likeness (QED) is 0.0774. The third-order valence-electron chi connectivity index (χ3n) is 9.60. The number of anilines is 6. The van der Waals surface area contributed by atoms with Crippen LogP contribution in [0.3, 0.4) is 0 Å². The predicted octanol–water partition coefficient (Wildman–Crippen LogP) is 9.12. The van der Waals surface area contributed by atoms with Crippen molar-refractivity contribution in [2.45, 2.75) is 6.92 Å². The molecule has 0 atom stereocenters. The second-order valence-electron chi connectivity index (χ2n) is 12.2. The first-order valence-electron chi connectivity index (χ1n) is 15.1. The zero-order chi connectivity index (χ0) is 35.1. The minimum atomic E-state index is -2.37. The Morgan fingerprint density at radius 3 is 1.10 bits per heavy atom. The SMILES string of the molecule is Cc1cc2c3c(c1)N(c1c(F)c(F)c(F)c(F)c1F)c1cccc4c1B3c1c(cccc1N2c1c(F)c(F)c(F)c(F)c1F)-c1ccccc1-4. The van der Waals surface area contributed by atoms with Crippen LogP contribution in [0.4, 0.5) is 78.0 Å². The summed E-state index contributed by atoms with van der Waals surface area (Å²) < 4.78 is 151. The van der Waals surface area contributed by atoms with Gasteiger partial charge in [-0.15, -0.1) is 0 Å². The Morgan fingerprint density at radius 2 is 0.720 bits per heavy atom. The van der Waals surface area contributed by atoms with Crippen LogP contribution in [-0.2, 0) is 0 Å². The van der Waals surface area contributed by atoms with Crippen LogP contribution in [0, 0.1) is 65.1 Å². The lowest BCUT2D eigenvalue weighted by molar-refractivity contribution is 0.380. The van der Waals surface area contributed by atoms with Crippen molar-refractivity contribution in [3.05, 3.63) is 137 Å². The van der Waals surface area contributed by atoms with Crippen molar-refractivity contribution >= 4 is 57.2 Å². The van der Waals surface area contributed by atoms with Gasteiger partial charge in [-0.1, -0.05) is 48.5 Å². The fourth-order valence-electron chi connectivity index (χ4n) is 7.70. The van der Waals surface area contributed by atoms with E-state index < -0.39 is 76.3 Å². The highest BCUT2D eigenvalue weighted by Gasteiger charge is 2.49. The smallest absolute Gasteiger partial charge is 0.253 e. The Balaban J connectivity index is 1.52. The van der Waals surface area contributed by atoms with Gasteiger partial charge >= 0.3 is 0 Å². The van der Waals surface area contributed by atoms with Gasteiger partial charge in [-0.2, -0.15) is 0 Å². The van der Waals surface area contributed by atoms with E-state index in [1.165, 1.54) is 31.2 Å². The molecule has 13 heteroatoms. The minimum Gasteiger partial charge on any atom is -0.306 e. The van der Waals surface area contributed by atoms with E-state index in [2.05, 4.69) is 0 Å². The third kappa shape index (κ3) is 3.61. The van der Waals surface area contributed by atoms with Gasteiger partial charge in [0.05, 0.1) is 0 Å². The van der Waals surface area contributed by atoms with Crippen LogP contribution in [0.15, 0.2) is 72.8 Å². The van der Waals surface area contributed by atoms with Gasteiger partial charge in [0.15, 0.2) is 46.5 Å². The molecule has 246 valence electrons. The van der Waals surface area contributed by atoms with Gasteiger partial charge in [-0.05, 0) is 75.4 Å². The molecular weight excluding hydrogens is 673 g/mol. The van der Waals surface area contributed by atoms with Gasteiger partial charge in [0.1, 0.15) is 11.4 Å². The van der Waals surface area contributed by atoms with Crippen LogP contribution in [0.2, 0.25) is 0 Å². The number of nitrogens with zero attached hydrogens (tertiary/aromatic N) is 2. The van der Waals surface area contributed by atoms with Crippen LogP contribution >= 0.6 is 0 Å². The number of halogens is 10. The van der Waals surface area contributed by atoms with E-state index in [0.717, 1.165) is 9.80 Å². The highest BCUT2D eigenvalue weighted by molar-refractivity contribution is 7.02. The Labute approximate surface area is 276 Å². The molecule has 0 amide bonds. The maximum Gasteiger partial charge on any atom is 0.253 e. The largest absolute Gasteiger partial charge is 0.306 e. The number of hydrogen-bond donors (Lipinski definition) is 0. The molecule has 0 aromatic heterocycles. The lowest BCUT2D eigenvalue weighted by Crippen LogP contribution is -2.62. The van der Waals surface area contributed by atoms with Crippen LogP contribution in [0.1, 0.15) is 5.56 Å². The first-order chi connectivity index (χ1) is 23.9. The maximum atomic E-state index is 15.8. The molecule has 0 saturated carbocycles. The first-order valence-corrected chi connectivity index (χ1v) is 15.1.